The number of aryl methyl sites for hydroxylation is 2. The highest BCUT2D eigenvalue weighted by Gasteiger charge is 2.16. The molecule has 0 atom stereocenters. The van der Waals surface area contributed by atoms with Gasteiger partial charge in [0.05, 0.1) is 21.8 Å². The van der Waals surface area contributed by atoms with E-state index in [0.717, 1.165) is 16.7 Å². The van der Waals surface area contributed by atoms with E-state index in [2.05, 4.69) is 4.98 Å². The quantitative estimate of drug-likeness (QED) is 0.664. The third-order valence-electron chi connectivity index (χ3n) is 3.86. The highest BCUT2D eigenvalue weighted by atomic mass is 35.5. The van der Waals surface area contributed by atoms with Crippen molar-refractivity contribution < 1.29 is 9.90 Å². The van der Waals surface area contributed by atoms with Gasteiger partial charge in [-0.2, -0.15) is 0 Å². The summed E-state index contributed by atoms with van der Waals surface area (Å²) in [6, 6.07) is 10.6. The van der Waals surface area contributed by atoms with Crippen LogP contribution < -0.4 is 0 Å². The first kappa shape index (κ1) is 15.8. The van der Waals surface area contributed by atoms with Crippen LogP contribution in [0.15, 0.2) is 36.4 Å². The summed E-state index contributed by atoms with van der Waals surface area (Å²) in [6.45, 7) is 4.03. The molecule has 5 heteroatoms. The van der Waals surface area contributed by atoms with Gasteiger partial charge in [-0.25, -0.2) is 9.78 Å². The Labute approximate surface area is 143 Å². The van der Waals surface area contributed by atoms with Gasteiger partial charge in [-0.05, 0) is 49.2 Å². The molecule has 1 aromatic heterocycles. The Hall–Kier alpha value is -2.10. The Morgan fingerprint density at radius 2 is 1.78 bits per heavy atom. The van der Waals surface area contributed by atoms with E-state index >= 15 is 0 Å². The fourth-order valence-corrected chi connectivity index (χ4v) is 3.01. The summed E-state index contributed by atoms with van der Waals surface area (Å²) in [4.78, 5) is 16.2. The van der Waals surface area contributed by atoms with Crippen molar-refractivity contribution >= 4 is 40.1 Å². The van der Waals surface area contributed by atoms with Gasteiger partial charge in [-0.3, -0.25) is 0 Å². The van der Waals surface area contributed by atoms with Crippen molar-refractivity contribution in [1.82, 2.24) is 4.98 Å². The molecular formula is C18H13Cl2NO2. The normalized spacial score (nSPS) is 11.0. The summed E-state index contributed by atoms with van der Waals surface area (Å²) in [5.41, 5.74) is 4.27. The molecular weight excluding hydrogens is 333 g/mol. The average molecular weight is 346 g/mol. The number of carboxylic acids is 1. The fourth-order valence-electron chi connectivity index (χ4n) is 2.48. The Bertz CT molecular complexity index is 951. The number of nitrogens with zero attached hydrogens (tertiary/aromatic N) is 1. The van der Waals surface area contributed by atoms with Crippen LogP contribution in [0.1, 0.15) is 21.5 Å². The minimum atomic E-state index is -1.04. The summed E-state index contributed by atoms with van der Waals surface area (Å²) < 4.78 is 0. The zero-order valence-electron chi connectivity index (χ0n) is 12.5. The number of rotatable bonds is 2. The van der Waals surface area contributed by atoms with Crippen molar-refractivity contribution in [1.29, 1.82) is 0 Å². The molecule has 0 bridgehead atoms. The molecule has 0 aliphatic heterocycles. The van der Waals surface area contributed by atoms with Gasteiger partial charge < -0.3 is 5.11 Å². The molecule has 0 saturated heterocycles. The maximum atomic E-state index is 11.6. The second-order valence-corrected chi connectivity index (χ2v) is 6.29. The second-order valence-electron chi connectivity index (χ2n) is 5.44. The molecule has 1 heterocycles. The highest BCUT2D eigenvalue weighted by Crippen LogP contribution is 2.32. The van der Waals surface area contributed by atoms with E-state index in [1.54, 1.807) is 18.2 Å². The summed E-state index contributed by atoms with van der Waals surface area (Å²) >= 11 is 12.2. The minimum absolute atomic E-state index is 0.132. The van der Waals surface area contributed by atoms with Gasteiger partial charge in [0, 0.05) is 16.0 Å². The van der Waals surface area contributed by atoms with E-state index in [1.165, 1.54) is 0 Å². The molecule has 2 aromatic carbocycles. The Morgan fingerprint density at radius 3 is 2.43 bits per heavy atom. The zero-order chi connectivity index (χ0) is 16.7. The van der Waals surface area contributed by atoms with Crippen LogP contribution in [0.25, 0.3) is 22.2 Å². The molecule has 3 aromatic rings. The molecule has 3 rings (SSSR count). The molecule has 0 aliphatic rings. The summed E-state index contributed by atoms with van der Waals surface area (Å²) in [5, 5.41) is 10.7. The van der Waals surface area contributed by atoms with Gasteiger partial charge in [-0.15, -0.1) is 0 Å². The largest absolute Gasteiger partial charge is 0.478 e. The number of pyridine rings is 1. The van der Waals surface area contributed by atoms with Crippen molar-refractivity contribution in [2.24, 2.45) is 0 Å². The van der Waals surface area contributed by atoms with Crippen LogP contribution in [0, 0.1) is 13.8 Å². The van der Waals surface area contributed by atoms with Crippen LogP contribution in [0.3, 0.4) is 0 Å². The lowest BCUT2D eigenvalue weighted by Crippen LogP contribution is -2.01. The van der Waals surface area contributed by atoms with Gasteiger partial charge in [0.15, 0.2) is 0 Å². The van der Waals surface area contributed by atoms with E-state index in [0.29, 0.717) is 26.6 Å². The Morgan fingerprint density at radius 1 is 1.04 bits per heavy atom. The fraction of sp³-hybridized carbons (Fsp3) is 0.111. The van der Waals surface area contributed by atoms with Crippen molar-refractivity contribution in [2.75, 3.05) is 0 Å². The lowest BCUT2D eigenvalue weighted by molar-refractivity contribution is 0.0699. The van der Waals surface area contributed by atoms with Crippen molar-refractivity contribution in [2.45, 2.75) is 13.8 Å². The Balaban J connectivity index is 2.34. The van der Waals surface area contributed by atoms with Gasteiger partial charge >= 0.3 is 5.97 Å². The summed E-state index contributed by atoms with van der Waals surface area (Å²) in [7, 11) is 0. The number of aromatic nitrogens is 1. The summed E-state index contributed by atoms with van der Waals surface area (Å²) in [6.07, 6.45) is 0. The van der Waals surface area contributed by atoms with E-state index in [4.69, 9.17) is 23.2 Å². The van der Waals surface area contributed by atoms with E-state index < -0.39 is 5.97 Å². The van der Waals surface area contributed by atoms with Crippen molar-refractivity contribution in [3.63, 3.8) is 0 Å². The van der Waals surface area contributed by atoms with Crippen LogP contribution >= 0.6 is 23.2 Å². The molecule has 0 radical (unpaired) electrons. The first-order valence-corrected chi connectivity index (χ1v) is 7.73. The van der Waals surface area contributed by atoms with Crippen LogP contribution in [-0.2, 0) is 0 Å². The minimum Gasteiger partial charge on any atom is -0.478 e. The smallest absolute Gasteiger partial charge is 0.336 e. The topological polar surface area (TPSA) is 50.2 Å². The number of carbonyl (C=O) groups is 1. The van der Waals surface area contributed by atoms with Gasteiger partial charge in [-0.1, -0.05) is 35.3 Å². The first-order valence-electron chi connectivity index (χ1n) is 6.97. The van der Waals surface area contributed by atoms with Gasteiger partial charge in [0.1, 0.15) is 0 Å². The first-order chi connectivity index (χ1) is 10.9. The van der Waals surface area contributed by atoms with Crippen LogP contribution in [0.5, 0.6) is 0 Å². The number of hydrogen-bond donors (Lipinski definition) is 1. The number of aromatic carboxylic acids is 1. The second kappa shape index (κ2) is 5.84. The predicted octanol–water partition coefficient (Wildman–Crippen LogP) is 5.52. The lowest BCUT2D eigenvalue weighted by atomic mass is 10.0. The molecule has 0 aliphatic carbocycles. The molecule has 116 valence electrons. The molecule has 1 N–H and O–H groups in total. The molecule has 0 unspecified atom stereocenters. The standard InChI is InChI=1S/C18H13Cl2NO2/c1-9-3-4-11(5-10(9)2)16-8-14(18(22)23)13-6-12(19)7-15(20)17(13)21-16/h3-8H,1-2H3,(H,22,23). The maximum Gasteiger partial charge on any atom is 0.336 e. The number of benzene rings is 2. The van der Waals surface area contributed by atoms with E-state index in [9.17, 15) is 9.90 Å². The number of hydrogen-bond acceptors (Lipinski definition) is 2. The van der Waals surface area contributed by atoms with Crippen LogP contribution in [0.4, 0.5) is 0 Å². The molecule has 23 heavy (non-hydrogen) atoms. The lowest BCUT2D eigenvalue weighted by Gasteiger charge is -2.10. The molecule has 0 saturated carbocycles. The van der Waals surface area contributed by atoms with E-state index in [-0.39, 0.29) is 5.56 Å². The van der Waals surface area contributed by atoms with Crippen LogP contribution in [-0.4, -0.2) is 16.1 Å². The predicted molar refractivity (Wildman–Crippen MR) is 93.6 cm³/mol. The van der Waals surface area contributed by atoms with Gasteiger partial charge in [0.25, 0.3) is 0 Å². The third kappa shape index (κ3) is 2.90. The monoisotopic (exact) mass is 345 g/mol. The van der Waals surface area contributed by atoms with Crippen molar-refractivity contribution in [3.05, 3.63) is 63.1 Å². The van der Waals surface area contributed by atoms with Gasteiger partial charge in [0.2, 0.25) is 0 Å². The molecule has 3 nitrogen and oxygen atoms in total. The number of carboxylic acid groups (broad SMARTS) is 1. The SMILES string of the molecule is Cc1ccc(-c2cc(C(=O)O)c3cc(Cl)cc(Cl)c3n2)cc1C. The number of halogens is 2. The zero-order valence-corrected chi connectivity index (χ0v) is 14.0. The third-order valence-corrected chi connectivity index (χ3v) is 4.37. The average Bonchev–Trinajstić information content (AvgIpc) is 2.49. The molecule has 0 spiro atoms. The Kier molecular flexibility index (Phi) is 4.00. The van der Waals surface area contributed by atoms with Crippen LogP contribution in [0.2, 0.25) is 10.0 Å². The maximum absolute atomic E-state index is 11.6. The number of fused-ring (bicyclic) bond motifs is 1. The highest BCUT2D eigenvalue weighted by molar-refractivity contribution is 6.38. The van der Waals surface area contributed by atoms with Crippen molar-refractivity contribution in [3.8, 4) is 11.3 Å². The molecule has 0 fully saturated rings. The van der Waals surface area contributed by atoms with E-state index in [1.807, 2.05) is 32.0 Å². The summed E-state index contributed by atoms with van der Waals surface area (Å²) in [5.74, 6) is -1.04. The molecule has 0 amide bonds.